The monoisotopic (exact) mass is 253 g/mol. The normalized spacial score (nSPS) is 9.63. The first kappa shape index (κ1) is 12.3. The lowest BCUT2D eigenvalue weighted by Crippen LogP contribution is -2.05. The third kappa shape index (κ3) is 2.15. The number of halogens is 1. The second kappa shape index (κ2) is 4.63. The van der Waals surface area contributed by atoms with Crippen LogP contribution >= 0.6 is 0 Å². The molecular formula is C13H8FN5. The second-order valence-electron chi connectivity index (χ2n) is 3.64. The van der Waals surface area contributed by atoms with Gasteiger partial charge in [-0.05, 0) is 12.1 Å². The van der Waals surface area contributed by atoms with Crippen molar-refractivity contribution in [2.45, 2.75) is 0 Å². The van der Waals surface area contributed by atoms with Crippen LogP contribution in [0.3, 0.4) is 0 Å². The van der Waals surface area contributed by atoms with Crippen LogP contribution in [0.1, 0.15) is 11.1 Å². The van der Waals surface area contributed by atoms with Crippen molar-refractivity contribution < 1.29 is 4.39 Å². The van der Waals surface area contributed by atoms with Crippen molar-refractivity contribution in [3.63, 3.8) is 0 Å². The van der Waals surface area contributed by atoms with Gasteiger partial charge in [-0.15, -0.1) is 6.42 Å². The summed E-state index contributed by atoms with van der Waals surface area (Å²) in [7, 11) is 0. The Labute approximate surface area is 108 Å². The third-order valence-corrected chi connectivity index (χ3v) is 2.46. The average Bonchev–Trinajstić information content (AvgIpc) is 2.37. The Kier molecular flexibility index (Phi) is 3.01. The molecule has 1 heterocycles. The maximum atomic E-state index is 13.6. The van der Waals surface area contributed by atoms with E-state index >= 15 is 0 Å². The lowest BCUT2D eigenvalue weighted by molar-refractivity contribution is 0.625. The predicted octanol–water partition coefficient (Wildman–Crippen LogP) is 1.30. The SMILES string of the molecule is C#Cc1ccc(-c2nc(N)nc(N)c2C#N)cc1F. The Morgan fingerprint density at radius 2 is 2.00 bits per heavy atom. The van der Waals surface area contributed by atoms with Crippen LogP contribution in [0.2, 0.25) is 0 Å². The highest BCUT2D eigenvalue weighted by Gasteiger charge is 2.14. The summed E-state index contributed by atoms with van der Waals surface area (Å²) in [5.41, 5.74) is 11.8. The quantitative estimate of drug-likeness (QED) is 0.746. The molecule has 1 aromatic carbocycles. The number of benzene rings is 1. The Hall–Kier alpha value is -3.12. The van der Waals surface area contributed by atoms with E-state index in [0.717, 1.165) is 0 Å². The fraction of sp³-hybridized carbons (Fsp3) is 0. The fourth-order valence-corrected chi connectivity index (χ4v) is 1.59. The number of hydrogen-bond acceptors (Lipinski definition) is 5. The summed E-state index contributed by atoms with van der Waals surface area (Å²) in [6, 6.07) is 6.01. The Balaban J connectivity index is 2.70. The molecule has 0 unspecified atom stereocenters. The predicted molar refractivity (Wildman–Crippen MR) is 68.9 cm³/mol. The van der Waals surface area contributed by atoms with Gasteiger partial charge < -0.3 is 11.5 Å². The van der Waals surface area contributed by atoms with Crippen LogP contribution in [-0.2, 0) is 0 Å². The van der Waals surface area contributed by atoms with Gasteiger partial charge in [0.25, 0.3) is 0 Å². The zero-order chi connectivity index (χ0) is 14.0. The van der Waals surface area contributed by atoms with E-state index in [9.17, 15) is 4.39 Å². The lowest BCUT2D eigenvalue weighted by Gasteiger charge is -2.07. The van der Waals surface area contributed by atoms with E-state index in [1.165, 1.54) is 12.1 Å². The molecule has 0 saturated carbocycles. The molecule has 0 bridgehead atoms. The minimum Gasteiger partial charge on any atom is -0.382 e. The minimum atomic E-state index is -0.584. The topological polar surface area (TPSA) is 102 Å². The first-order valence-corrected chi connectivity index (χ1v) is 5.16. The molecule has 19 heavy (non-hydrogen) atoms. The number of terminal acetylenes is 1. The van der Waals surface area contributed by atoms with Gasteiger partial charge in [0, 0.05) is 5.56 Å². The number of nitrogens with zero attached hydrogens (tertiary/aromatic N) is 3. The molecule has 6 heteroatoms. The zero-order valence-corrected chi connectivity index (χ0v) is 9.68. The second-order valence-corrected chi connectivity index (χ2v) is 3.64. The maximum Gasteiger partial charge on any atom is 0.222 e. The maximum absolute atomic E-state index is 13.6. The number of hydrogen-bond donors (Lipinski definition) is 2. The van der Waals surface area contributed by atoms with E-state index in [4.69, 9.17) is 23.2 Å². The summed E-state index contributed by atoms with van der Waals surface area (Å²) in [6.45, 7) is 0. The van der Waals surface area contributed by atoms with Gasteiger partial charge in [0.1, 0.15) is 23.3 Å². The van der Waals surface area contributed by atoms with E-state index in [2.05, 4.69) is 15.9 Å². The largest absolute Gasteiger partial charge is 0.382 e. The van der Waals surface area contributed by atoms with Crippen LogP contribution in [0.4, 0.5) is 16.2 Å². The molecule has 2 rings (SSSR count). The van der Waals surface area contributed by atoms with Gasteiger partial charge in [-0.3, -0.25) is 0 Å². The van der Waals surface area contributed by atoms with E-state index in [0.29, 0.717) is 5.56 Å². The Bertz CT molecular complexity index is 740. The van der Waals surface area contributed by atoms with Gasteiger partial charge in [-0.25, -0.2) is 9.37 Å². The summed E-state index contributed by atoms with van der Waals surface area (Å²) < 4.78 is 13.6. The molecule has 0 aliphatic rings. The molecule has 92 valence electrons. The van der Waals surface area contributed by atoms with Crippen LogP contribution < -0.4 is 11.5 Å². The molecule has 0 radical (unpaired) electrons. The molecule has 0 spiro atoms. The number of nitriles is 1. The van der Waals surface area contributed by atoms with Gasteiger partial charge >= 0.3 is 0 Å². The number of rotatable bonds is 1. The van der Waals surface area contributed by atoms with Crippen molar-refractivity contribution in [1.29, 1.82) is 5.26 Å². The molecule has 4 N–H and O–H groups in total. The van der Waals surface area contributed by atoms with E-state index < -0.39 is 5.82 Å². The van der Waals surface area contributed by atoms with Crippen LogP contribution in [0.25, 0.3) is 11.3 Å². The molecular weight excluding hydrogens is 245 g/mol. The third-order valence-electron chi connectivity index (χ3n) is 2.46. The van der Waals surface area contributed by atoms with Gasteiger partial charge in [0.2, 0.25) is 5.95 Å². The summed E-state index contributed by atoms with van der Waals surface area (Å²) in [5, 5.41) is 9.04. The molecule has 0 saturated heterocycles. The minimum absolute atomic E-state index is 0.0436. The Morgan fingerprint density at radius 1 is 1.26 bits per heavy atom. The highest BCUT2D eigenvalue weighted by Crippen LogP contribution is 2.26. The van der Waals surface area contributed by atoms with Crippen molar-refractivity contribution in [2.75, 3.05) is 11.5 Å². The van der Waals surface area contributed by atoms with Gasteiger partial charge in [-0.2, -0.15) is 10.2 Å². The molecule has 5 nitrogen and oxygen atoms in total. The summed E-state index contributed by atoms with van der Waals surface area (Å²) in [6.07, 6.45) is 5.14. The first-order chi connectivity index (χ1) is 9.06. The van der Waals surface area contributed by atoms with Gasteiger partial charge in [0.15, 0.2) is 0 Å². The molecule has 0 aliphatic heterocycles. The van der Waals surface area contributed by atoms with Crippen LogP contribution in [-0.4, -0.2) is 9.97 Å². The smallest absolute Gasteiger partial charge is 0.222 e. The lowest BCUT2D eigenvalue weighted by atomic mass is 10.0. The number of nitrogens with two attached hydrogens (primary N) is 2. The molecule has 2 aromatic rings. The fourth-order valence-electron chi connectivity index (χ4n) is 1.59. The molecule has 0 amide bonds. The summed E-state index contributed by atoms with van der Waals surface area (Å²) >= 11 is 0. The van der Waals surface area contributed by atoms with Crippen LogP contribution in [0.5, 0.6) is 0 Å². The number of anilines is 2. The van der Waals surface area contributed by atoms with E-state index in [-0.39, 0.29) is 28.6 Å². The van der Waals surface area contributed by atoms with E-state index in [1.54, 1.807) is 6.07 Å². The highest BCUT2D eigenvalue weighted by molar-refractivity contribution is 5.73. The van der Waals surface area contributed by atoms with Crippen molar-refractivity contribution >= 4 is 11.8 Å². The highest BCUT2D eigenvalue weighted by atomic mass is 19.1. The van der Waals surface area contributed by atoms with Crippen LogP contribution in [0.15, 0.2) is 18.2 Å². The first-order valence-electron chi connectivity index (χ1n) is 5.16. The summed E-state index contributed by atoms with van der Waals surface area (Å²) in [4.78, 5) is 7.60. The molecule has 1 aromatic heterocycles. The van der Waals surface area contributed by atoms with Gasteiger partial charge in [-0.1, -0.05) is 12.0 Å². The van der Waals surface area contributed by atoms with Crippen molar-refractivity contribution in [3.8, 4) is 29.7 Å². The summed E-state index contributed by atoms with van der Waals surface area (Å²) in [5.74, 6) is 1.48. The zero-order valence-electron chi connectivity index (χ0n) is 9.68. The van der Waals surface area contributed by atoms with E-state index in [1.807, 2.05) is 6.07 Å². The average molecular weight is 253 g/mol. The van der Waals surface area contributed by atoms with Crippen molar-refractivity contribution in [1.82, 2.24) is 9.97 Å². The molecule has 0 aliphatic carbocycles. The van der Waals surface area contributed by atoms with Gasteiger partial charge in [0.05, 0.1) is 11.3 Å². The van der Waals surface area contributed by atoms with Crippen molar-refractivity contribution in [3.05, 3.63) is 35.1 Å². The number of nitrogen functional groups attached to an aromatic ring is 2. The van der Waals surface area contributed by atoms with Crippen LogP contribution in [0, 0.1) is 29.5 Å². The Morgan fingerprint density at radius 3 is 2.58 bits per heavy atom. The van der Waals surface area contributed by atoms with Crippen molar-refractivity contribution in [2.24, 2.45) is 0 Å². The number of aromatic nitrogens is 2. The molecule has 0 fully saturated rings. The standard InChI is InChI=1S/C13H8FN5/c1-2-7-3-4-8(5-10(7)14)11-9(6-15)12(16)19-13(17)18-11/h1,3-5H,(H4,16,17,18,19). The molecule has 0 atom stereocenters.